The molecule has 2 N–H and O–H groups in total. The van der Waals surface area contributed by atoms with Crippen LogP contribution in [0.25, 0.3) is 0 Å². The van der Waals surface area contributed by atoms with Crippen LogP contribution in [0.5, 0.6) is 0 Å². The van der Waals surface area contributed by atoms with Crippen LogP contribution in [0.15, 0.2) is 24.3 Å². The molecule has 0 saturated carbocycles. The van der Waals surface area contributed by atoms with Crippen LogP contribution in [0.4, 0.5) is 5.69 Å². The molecule has 0 bridgehead atoms. The maximum Gasteiger partial charge on any atom is 0.0392 e. The van der Waals surface area contributed by atoms with Crippen molar-refractivity contribution in [2.45, 2.75) is 6.92 Å². The SMILES string of the molecule is CCP(C)c1ccccc1N. The number of rotatable bonds is 2. The van der Waals surface area contributed by atoms with Gasteiger partial charge in [-0.05, 0) is 24.2 Å². The van der Waals surface area contributed by atoms with Crippen molar-refractivity contribution < 1.29 is 0 Å². The highest BCUT2D eigenvalue weighted by Crippen LogP contribution is 2.30. The number of nitrogen functional groups attached to an aromatic ring is 1. The molecule has 1 aromatic carbocycles. The van der Waals surface area contributed by atoms with Gasteiger partial charge in [0.05, 0.1) is 0 Å². The lowest BCUT2D eigenvalue weighted by atomic mass is 10.3. The minimum atomic E-state index is -0.0193. The molecule has 1 unspecified atom stereocenters. The standard InChI is InChI=1S/C9H14NP/c1-3-11(2)9-7-5-4-6-8(9)10/h4-7H,3,10H2,1-2H3. The maximum atomic E-state index is 5.81. The molecule has 1 rings (SSSR count). The molecule has 1 nitrogen and oxygen atoms in total. The molecule has 60 valence electrons. The quantitative estimate of drug-likeness (QED) is 0.529. The van der Waals surface area contributed by atoms with Crippen LogP contribution < -0.4 is 11.0 Å². The van der Waals surface area contributed by atoms with Crippen molar-refractivity contribution in [2.75, 3.05) is 18.6 Å². The number of hydrogen-bond donors (Lipinski definition) is 1. The molecule has 11 heavy (non-hydrogen) atoms. The molecule has 0 spiro atoms. The molecule has 1 aromatic rings. The normalized spacial score (nSPS) is 12.9. The third-order valence-corrected chi connectivity index (χ3v) is 4.00. The summed E-state index contributed by atoms with van der Waals surface area (Å²) in [5.74, 6) is 0. The predicted octanol–water partition coefficient (Wildman–Crippen LogP) is 2.03. The summed E-state index contributed by atoms with van der Waals surface area (Å²) < 4.78 is 0. The Balaban J connectivity index is 2.93. The van der Waals surface area contributed by atoms with Gasteiger partial charge < -0.3 is 5.73 Å². The summed E-state index contributed by atoms with van der Waals surface area (Å²) >= 11 is 0. The molecular formula is C9H14NP. The average Bonchev–Trinajstić information content (AvgIpc) is 2.04. The number of anilines is 1. The summed E-state index contributed by atoms with van der Waals surface area (Å²) in [4.78, 5) is 0. The van der Waals surface area contributed by atoms with E-state index in [4.69, 9.17) is 5.73 Å². The van der Waals surface area contributed by atoms with E-state index >= 15 is 0 Å². The van der Waals surface area contributed by atoms with Crippen molar-refractivity contribution in [3.8, 4) is 0 Å². The highest BCUT2D eigenvalue weighted by atomic mass is 31.1. The van der Waals surface area contributed by atoms with E-state index < -0.39 is 0 Å². The zero-order valence-corrected chi connectivity index (χ0v) is 7.94. The average molecular weight is 167 g/mol. The zero-order chi connectivity index (χ0) is 8.27. The first kappa shape index (κ1) is 8.55. The Bertz CT molecular complexity index is 235. The molecule has 0 fully saturated rings. The van der Waals surface area contributed by atoms with Crippen molar-refractivity contribution in [1.29, 1.82) is 0 Å². The molecule has 1 atom stereocenters. The topological polar surface area (TPSA) is 26.0 Å². The predicted molar refractivity (Wildman–Crippen MR) is 53.9 cm³/mol. The van der Waals surface area contributed by atoms with E-state index in [2.05, 4.69) is 25.7 Å². The van der Waals surface area contributed by atoms with Crippen LogP contribution in [0.3, 0.4) is 0 Å². The lowest BCUT2D eigenvalue weighted by Crippen LogP contribution is -2.07. The third kappa shape index (κ3) is 1.94. The maximum absolute atomic E-state index is 5.81. The molecule has 0 amide bonds. The molecule has 0 heterocycles. The molecule has 0 aliphatic heterocycles. The Kier molecular flexibility index (Phi) is 2.90. The van der Waals surface area contributed by atoms with E-state index in [1.165, 1.54) is 11.5 Å². The molecular weight excluding hydrogens is 153 g/mol. The molecule has 0 aromatic heterocycles. The summed E-state index contributed by atoms with van der Waals surface area (Å²) in [6.45, 7) is 4.47. The van der Waals surface area contributed by atoms with Crippen molar-refractivity contribution in [3.05, 3.63) is 24.3 Å². The van der Waals surface area contributed by atoms with Gasteiger partial charge in [0.15, 0.2) is 0 Å². The van der Waals surface area contributed by atoms with Crippen LogP contribution in [0, 0.1) is 0 Å². The van der Waals surface area contributed by atoms with Crippen molar-refractivity contribution >= 4 is 18.9 Å². The van der Waals surface area contributed by atoms with Gasteiger partial charge in [-0.15, -0.1) is 0 Å². The van der Waals surface area contributed by atoms with Crippen molar-refractivity contribution in [3.63, 3.8) is 0 Å². The van der Waals surface area contributed by atoms with Crippen LogP contribution in [0.2, 0.25) is 0 Å². The highest BCUT2D eigenvalue weighted by molar-refractivity contribution is 7.65. The number of para-hydroxylation sites is 1. The van der Waals surface area contributed by atoms with Crippen LogP contribution in [-0.4, -0.2) is 12.8 Å². The smallest absolute Gasteiger partial charge is 0.0392 e. The van der Waals surface area contributed by atoms with Crippen LogP contribution >= 0.6 is 7.92 Å². The van der Waals surface area contributed by atoms with Gasteiger partial charge in [-0.2, -0.15) is 0 Å². The fourth-order valence-electron chi connectivity index (χ4n) is 1.01. The summed E-state index contributed by atoms with van der Waals surface area (Å²) in [5, 5.41) is 1.34. The van der Waals surface area contributed by atoms with Crippen LogP contribution in [0.1, 0.15) is 6.92 Å². The molecule has 2 heteroatoms. The van der Waals surface area contributed by atoms with Gasteiger partial charge in [-0.1, -0.05) is 33.0 Å². The lowest BCUT2D eigenvalue weighted by molar-refractivity contribution is 1.50. The Labute approximate surface area is 69.4 Å². The largest absolute Gasteiger partial charge is 0.398 e. The van der Waals surface area contributed by atoms with Gasteiger partial charge in [-0.3, -0.25) is 0 Å². The monoisotopic (exact) mass is 167 g/mol. The Morgan fingerprint density at radius 2 is 2.00 bits per heavy atom. The minimum absolute atomic E-state index is 0.0193. The van der Waals surface area contributed by atoms with E-state index in [1.807, 2.05) is 12.1 Å². The fourth-order valence-corrected chi connectivity index (χ4v) is 2.20. The summed E-state index contributed by atoms with van der Waals surface area (Å²) in [6, 6.07) is 8.15. The van der Waals surface area contributed by atoms with Crippen molar-refractivity contribution in [2.24, 2.45) is 0 Å². The van der Waals surface area contributed by atoms with E-state index in [-0.39, 0.29) is 7.92 Å². The lowest BCUT2D eigenvalue weighted by Gasteiger charge is -2.11. The molecule has 0 radical (unpaired) electrons. The first-order chi connectivity index (χ1) is 5.25. The number of benzene rings is 1. The van der Waals surface area contributed by atoms with Gasteiger partial charge in [0.2, 0.25) is 0 Å². The summed E-state index contributed by atoms with van der Waals surface area (Å²) in [6.07, 6.45) is 1.21. The summed E-state index contributed by atoms with van der Waals surface area (Å²) in [5.41, 5.74) is 6.76. The van der Waals surface area contributed by atoms with Gasteiger partial charge >= 0.3 is 0 Å². The third-order valence-electron chi connectivity index (χ3n) is 1.82. The Morgan fingerprint density at radius 3 is 2.55 bits per heavy atom. The molecule has 0 saturated heterocycles. The van der Waals surface area contributed by atoms with Crippen LogP contribution in [-0.2, 0) is 0 Å². The summed E-state index contributed by atoms with van der Waals surface area (Å²) in [7, 11) is -0.0193. The Hall–Kier alpha value is -0.550. The highest BCUT2D eigenvalue weighted by Gasteiger charge is 2.03. The van der Waals surface area contributed by atoms with Gasteiger partial charge in [0, 0.05) is 5.69 Å². The van der Waals surface area contributed by atoms with Gasteiger partial charge in [-0.25, -0.2) is 0 Å². The van der Waals surface area contributed by atoms with E-state index in [0.29, 0.717) is 0 Å². The van der Waals surface area contributed by atoms with E-state index in [9.17, 15) is 0 Å². The Morgan fingerprint density at radius 1 is 1.36 bits per heavy atom. The fraction of sp³-hybridized carbons (Fsp3) is 0.333. The first-order valence-corrected chi connectivity index (χ1v) is 5.78. The minimum Gasteiger partial charge on any atom is -0.398 e. The second-order valence-corrected chi connectivity index (χ2v) is 5.08. The molecule has 0 aliphatic carbocycles. The van der Waals surface area contributed by atoms with E-state index in [1.54, 1.807) is 0 Å². The van der Waals surface area contributed by atoms with Crippen molar-refractivity contribution in [1.82, 2.24) is 0 Å². The molecule has 0 aliphatic rings. The van der Waals surface area contributed by atoms with E-state index in [0.717, 1.165) is 5.69 Å². The second kappa shape index (κ2) is 3.73. The van der Waals surface area contributed by atoms with Gasteiger partial charge in [0.1, 0.15) is 0 Å². The first-order valence-electron chi connectivity index (χ1n) is 3.81. The zero-order valence-electron chi connectivity index (χ0n) is 7.04. The number of nitrogens with two attached hydrogens (primary N) is 1. The number of hydrogen-bond acceptors (Lipinski definition) is 1. The second-order valence-electron chi connectivity index (χ2n) is 2.57. The van der Waals surface area contributed by atoms with Gasteiger partial charge in [0.25, 0.3) is 0 Å².